The molecule has 0 saturated carbocycles. The molecule has 0 N–H and O–H groups in total. The van der Waals surface area contributed by atoms with Gasteiger partial charge in [0.2, 0.25) is 0 Å². The quantitative estimate of drug-likeness (QED) is 0.672. The van der Waals surface area contributed by atoms with E-state index >= 15 is 0 Å². The third-order valence-corrected chi connectivity index (χ3v) is 2.28. The standard InChI is InChI=1S/C12H15N/c1-9(2)11-6-4-5-7-12(11)10(3)8-13/h4-7,9-10H,1-3H3. The highest BCUT2D eigenvalue weighted by Crippen LogP contribution is 2.25. The second-order valence-corrected chi connectivity index (χ2v) is 3.63. The molecular weight excluding hydrogens is 158 g/mol. The average Bonchev–Trinajstić information content (AvgIpc) is 2.16. The maximum absolute atomic E-state index is 8.84. The second-order valence-electron chi connectivity index (χ2n) is 3.63. The van der Waals surface area contributed by atoms with Crippen molar-refractivity contribution < 1.29 is 0 Å². The summed E-state index contributed by atoms with van der Waals surface area (Å²) in [7, 11) is 0. The molecular formula is C12H15N. The van der Waals surface area contributed by atoms with Gasteiger partial charge in [-0.2, -0.15) is 5.26 Å². The number of nitrogens with zero attached hydrogens (tertiary/aromatic N) is 1. The molecule has 1 unspecified atom stereocenters. The molecule has 0 radical (unpaired) electrons. The number of benzene rings is 1. The van der Waals surface area contributed by atoms with E-state index in [-0.39, 0.29) is 5.92 Å². The Morgan fingerprint density at radius 3 is 2.08 bits per heavy atom. The van der Waals surface area contributed by atoms with E-state index in [9.17, 15) is 0 Å². The Hall–Kier alpha value is -1.29. The van der Waals surface area contributed by atoms with Crippen LogP contribution in [0.5, 0.6) is 0 Å². The van der Waals surface area contributed by atoms with E-state index in [4.69, 9.17) is 5.26 Å². The number of hydrogen-bond donors (Lipinski definition) is 0. The maximum atomic E-state index is 8.84. The van der Waals surface area contributed by atoms with Crippen molar-refractivity contribution in [2.24, 2.45) is 0 Å². The minimum Gasteiger partial charge on any atom is -0.198 e. The van der Waals surface area contributed by atoms with Crippen molar-refractivity contribution in [3.05, 3.63) is 35.4 Å². The number of nitriles is 1. The third kappa shape index (κ3) is 2.09. The summed E-state index contributed by atoms with van der Waals surface area (Å²) in [6.07, 6.45) is 0. The van der Waals surface area contributed by atoms with Gasteiger partial charge < -0.3 is 0 Å². The molecule has 1 aromatic rings. The first-order valence-corrected chi connectivity index (χ1v) is 4.65. The topological polar surface area (TPSA) is 23.8 Å². The van der Waals surface area contributed by atoms with E-state index in [0.717, 1.165) is 0 Å². The van der Waals surface area contributed by atoms with Crippen molar-refractivity contribution in [2.75, 3.05) is 0 Å². The second kappa shape index (κ2) is 4.09. The molecule has 68 valence electrons. The van der Waals surface area contributed by atoms with Gasteiger partial charge in [0.1, 0.15) is 0 Å². The van der Waals surface area contributed by atoms with Gasteiger partial charge in [-0.25, -0.2) is 0 Å². The fraction of sp³-hybridized carbons (Fsp3) is 0.417. The molecule has 1 heteroatoms. The van der Waals surface area contributed by atoms with E-state index in [2.05, 4.69) is 26.0 Å². The van der Waals surface area contributed by atoms with Crippen LogP contribution < -0.4 is 0 Å². The van der Waals surface area contributed by atoms with Gasteiger partial charge in [0.15, 0.2) is 0 Å². The number of rotatable bonds is 2. The van der Waals surface area contributed by atoms with Crippen LogP contribution in [0.25, 0.3) is 0 Å². The van der Waals surface area contributed by atoms with Crippen LogP contribution in [0, 0.1) is 11.3 Å². The van der Waals surface area contributed by atoms with E-state index < -0.39 is 0 Å². The lowest BCUT2D eigenvalue weighted by molar-refractivity contribution is 0.826. The first kappa shape index (κ1) is 9.80. The molecule has 0 bridgehead atoms. The first-order valence-electron chi connectivity index (χ1n) is 4.65. The average molecular weight is 173 g/mol. The summed E-state index contributed by atoms with van der Waals surface area (Å²) in [6.45, 7) is 6.26. The normalized spacial score (nSPS) is 12.5. The molecule has 0 aromatic heterocycles. The van der Waals surface area contributed by atoms with Crippen LogP contribution in [0.4, 0.5) is 0 Å². The molecule has 1 nitrogen and oxygen atoms in total. The molecule has 0 heterocycles. The summed E-state index contributed by atoms with van der Waals surface area (Å²) >= 11 is 0. The van der Waals surface area contributed by atoms with Crippen molar-refractivity contribution >= 4 is 0 Å². The van der Waals surface area contributed by atoms with E-state index in [1.807, 2.05) is 25.1 Å². The zero-order valence-corrected chi connectivity index (χ0v) is 8.41. The van der Waals surface area contributed by atoms with Crippen LogP contribution in [0.3, 0.4) is 0 Å². The highest BCUT2D eigenvalue weighted by molar-refractivity contribution is 5.35. The van der Waals surface area contributed by atoms with Crippen molar-refractivity contribution in [2.45, 2.75) is 32.6 Å². The third-order valence-electron chi connectivity index (χ3n) is 2.28. The summed E-state index contributed by atoms with van der Waals surface area (Å²) in [4.78, 5) is 0. The summed E-state index contributed by atoms with van der Waals surface area (Å²) in [5.74, 6) is 0.491. The smallest absolute Gasteiger partial charge is 0.0701 e. The highest BCUT2D eigenvalue weighted by Gasteiger charge is 2.10. The van der Waals surface area contributed by atoms with Crippen LogP contribution in [-0.2, 0) is 0 Å². The van der Waals surface area contributed by atoms with Gasteiger partial charge in [-0.1, -0.05) is 38.1 Å². The minimum absolute atomic E-state index is 0.00130. The molecule has 0 fully saturated rings. The zero-order chi connectivity index (χ0) is 9.84. The van der Waals surface area contributed by atoms with Crippen LogP contribution in [0.15, 0.2) is 24.3 Å². The molecule has 1 aromatic carbocycles. The van der Waals surface area contributed by atoms with Crippen LogP contribution >= 0.6 is 0 Å². The van der Waals surface area contributed by atoms with Gasteiger partial charge in [-0.15, -0.1) is 0 Å². The van der Waals surface area contributed by atoms with Gasteiger partial charge in [0.25, 0.3) is 0 Å². The molecule has 0 aliphatic heterocycles. The highest BCUT2D eigenvalue weighted by atomic mass is 14.3. The molecule has 0 aliphatic carbocycles. The van der Waals surface area contributed by atoms with Crippen molar-refractivity contribution in [1.29, 1.82) is 5.26 Å². The van der Waals surface area contributed by atoms with Crippen molar-refractivity contribution in [1.82, 2.24) is 0 Å². The zero-order valence-electron chi connectivity index (χ0n) is 8.41. The number of hydrogen-bond acceptors (Lipinski definition) is 1. The lowest BCUT2D eigenvalue weighted by atomic mass is 9.91. The maximum Gasteiger partial charge on any atom is 0.0701 e. The lowest BCUT2D eigenvalue weighted by Gasteiger charge is -2.13. The van der Waals surface area contributed by atoms with Crippen LogP contribution in [-0.4, -0.2) is 0 Å². The Balaban J connectivity index is 3.13. The fourth-order valence-electron chi connectivity index (χ4n) is 1.50. The molecule has 0 spiro atoms. The monoisotopic (exact) mass is 173 g/mol. The molecule has 1 atom stereocenters. The van der Waals surface area contributed by atoms with Crippen molar-refractivity contribution in [3.8, 4) is 6.07 Å². The van der Waals surface area contributed by atoms with Gasteiger partial charge in [-0.3, -0.25) is 0 Å². The summed E-state index contributed by atoms with van der Waals surface area (Å²) in [5.41, 5.74) is 2.46. The van der Waals surface area contributed by atoms with Crippen LogP contribution in [0.2, 0.25) is 0 Å². The Morgan fingerprint density at radius 1 is 1.08 bits per heavy atom. The van der Waals surface area contributed by atoms with Crippen molar-refractivity contribution in [3.63, 3.8) is 0 Å². The summed E-state index contributed by atoms with van der Waals surface area (Å²) in [5, 5.41) is 8.84. The molecule has 0 saturated heterocycles. The largest absolute Gasteiger partial charge is 0.198 e. The molecule has 13 heavy (non-hydrogen) atoms. The summed E-state index contributed by atoms with van der Waals surface area (Å²) < 4.78 is 0. The van der Waals surface area contributed by atoms with Gasteiger partial charge in [0, 0.05) is 0 Å². The molecule has 0 amide bonds. The Kier molecular flexibility index (Phi) is 3.08. The Bertz CT molecular complexity index is 320. The first-order chi connectivity index (χ1) is 6.16. The van der Waals surface area contributed by atoms with E-state index in [1.54, 1.807) is 0 Å². The predicted octanol–water partition coefficient (Wildman–Crippen LogP) is 3.44. The van der Waals surface area contributed by atoms with Gasteiger partial charge >= 0.3 is 0 Å². The Morgan fingerprint density at radius 2 is 1.62 bits per heavy atom. The van der Waals surface area contributed by atoms with E-state index in [1.165, 1.54) is 11.1 Å². The lowest BCUT2D eigenvalue weighted by Crippen LogP contribution is -1.98. The van der Waals surface area contributed by atoms with Gasteiger partial charge in [-0.05, 0) is 24.0 Å². The van der Waals surface area contributed by atoms with E-state index in [0.29, 0.717) is 5.92 Å². The fourth-order valence-corrected chi connectivity index (χ4v) is 1.50. The minimum atomic E-state index is -0.00130. The van der Waals surface area contributed by atoms with Gasteiger partial charge in [0.05, 0.1) is 12.0 Å². The Labute approximate surface area is 80.0 Å². The SMILES string of the molecule is CC(C)c1ccccc1C(C)C#N. The molecule has 0 aliphatic rings. The van der Waals surface area contributed by atoms with Crippen LogP contribution in [0.1, 0.15) is 43.7 Å². The predicted molar refractivity (Wildman–Crippen MR) is 54.6 cm³/mol. The molecule has 1 rings (SSSR count). The summed E-state index contributed by atoms with van der Waals surface area (Å²) in [6, 6.07) is 10.5.